The standard InChI is InChI=1S/C63H51N3O2/c1-62(2,67-53-33-35-59(64-41-53)47-21-11-6-12-22-47)51-37-50(38-52(39-51)63(3,4)68-54-34-36-60(65-42-54)48-23-13-7-14-24-48)55-27-17-18-28-56(55)58-43-66-61(49-25-15-8-16-26-49)40-57(58)46-31-29-45(30-32-46)44-19-9-5-10-20-44/h5-43H,1-4H3. The zero-order chi connectivity index (χ0) is 46.5. The Hall–Kier alpha value is -8.41. The predicted molar refractivity (Wildman–Crippen MR) is 278 cm³/mol. The molecule has 0 N–H and O–H groups in total. The highest BCUT2D eigenvalue weighted by atomic mass is 16.5. The lowest BCUT2D eigenvalue weighted by Crippen LogP contribution is -2.29. The lowest BCUT2D eigenvalue weighted by molar-refractivity contribution is 0.101. The Balaban J connectivity index is 1.08. The van der Waals surface area contributed by atoms with Gasteiger partial charge in [0.15, 0.2) is 0 Å². The van der Waals surface area contributed by atoms with Crippen molar-refractivity contribution in [3.05, 3.63) is 248 Å². The van der Waals surface area contributed by atoms with Crippen molar-refractivity contribution >= 4 is 0 Å². The fraction of sp³-hybridized carbons (Fsp3) is 0.0952. The van der Waals surface area contributed by atoms with E-state index in [1.54, 1.807) is 0 Å². The van der Waals surface area contributed by atoms with Gasteiger partial charge in [-0.1, -0.05) is 170 Å². The molecule has 5 heteroatoms. The summed E-state index contributed by atoms with van der Waals surface area (Å²) in [5.74, 6) is 1.35. The molecule has 0 saturated carbocycles. The van der Waals surface area contributed by atoms with Crippen LogP contribution in [0.15, 0.2) is 237 Å². The van der Waals surface area contributed by atoms with Crippen LogP contribution in [0.25, 0.3) is 78.3 Å². The van der Waals surface area contributed by atoms with Crippen molar-refractivity contribution in [3.63, 3.8) is 0 Å². The molecular formula is C63H51N3O2. The second kappa shape index (κ2) is 18.8. The van der Waals surface area contributed by atoms with Gasteiger partial charge in [-0.05, 0) is 126 Å². The molecule has 0 fully saturated rings. The number of benzene rings is 7. The van der Waals surface area contributed by atoms with E-state index in [1.807, 2.05) is 85.3 Å². The van der Waals surface area contributed by atoms with Gasteiger partial charge < -0.3 is 9.47 Å². The van der Waals surface area contributed by atoms with Crippen LogP contribution in [0.2, 0.25) is 0 Å². The molecule has 0 aliphatic carbocycles. The van der Waals surface area contributed by atoms with E-state index in [0.717, 1.165) is 78.3 Å². The maximum Gasteiger partial charge on any atom is 0.138 e. The van der Waals surface area contributed by atoms with Crippen molar-refractivity contribution in [1.29, 1.82) is 0 Å². The molecule has 0 radical (unpaired) electrons. The molecule has 3 heterocycles. The zero-order valence-corrected chi connectivity index (χ0v) is 38.7. The third-order valence-corrected chi connectivity index (χ3v) is 12.5. The lowest BCUT2D eigenvalue weighted by Gasteiger charge is -2.32. The first-order valence-electron chi connectivity index (χ1n) is 23.1. The maximum atomic E-state index is 6.88. The first kappa shape index (κ1) is 43.5. The summed E-state index contributed by atoms with van der Waals surface area (Å²) >= 11 is 0. The average molecular weight is 882 g/mol. The quantitative estimate of drug-likeness (QED) is 0.115. The summed E-state index contributed by atoms with van der Waals surface area (Å²) in [6.07, 6.45) is 5.65. The van der Waals surface area contributed by atoms with Crippen LogP contribution in [0.5, 0.6) is 11.5 Å². The van der Waals surface area contributed by atoms with E-state index in [4.69, 9.17) is 24.4 Å². The predicted octanol–water partition coefficient (Wildman–Crippen LogP) is 16.2. The normalized spacial score (nSPS) is 11.5. The number of pyridine rings is 3. The second-order valence-corrected chi connectivity index (χ2v) is 18.0. The summed E-state index contributed by atoms with van der Waals surface area (Å²) in [5, 5.41) is 0. The molecule has 0 spiro atoms. The number of hydrogen-bond acceptors (Lipinski definition) is 5. The Kier molecular flexibility index (Phi) is 12.0. The topological polar surface area (TPSA) is 57.1 Å². The molecular weight excluding hydrogens is 831 g/mol. The molecule has 0 unspecified atom stereocenters. The van der Waals surface area contributed by atoms with Gasteiger partial charge in [0.2, 0.25) is 0 Å². The van der Waals surface area contributed by atoms with Crippen molar-refractivity contribution in [3.8, 4) is 89.8 Å². The summed E-state index contributed by atoms with van der Waals surface area (Å²) in [6.45, 7) is 8.43. The summed E-state index contributed by atoms with van der Waals surface area (Å²) in [5.41, 5.74) is 15.0. The maximum absolute atomic E-state index is 6.88. The number of ether oxygens (including phenoxy) is 2. The molecule has 7 aromatic carbocycles. The Labute approximate surface area is 399 Å². The van der Waals surface area contributed by atoms with Gasteiger partial charge in [0.05, 0.1) is 29.5 Å². The smallest absolute Gasteiger partial charge is 0.138 e. The van der Waals surface area contributed by atoms with Crippen LogP contribution in [0.1, 0.15) is 38.8 Å². The Bertz CT molecular complexity index is 3170. The minimum Gasteiger partial charge on any atom is -0.482 e. The highest BCUT2D eigenvalue weighted by molar-refractivity contribution is 5.93. The van der Waals surface area contributed by atoms with E-state index in [0.29, 0.717) is 11.5 Å². The highest BCUT2D eigenvalue weighted by Gasteiger charge is 2.30. The Morgan fingerprint density at radius 3 is 1.15 bits per heavy atom. The van der Waals surface area contributed by atoms with Gasteiger partial charge in [0.1, 0.15) is 22.7 Å². The van der Waals surface area contributed by atoms with Gasteiger partial charge in [-0.3, -0.25) is 15.0 Å². The Morgan fingerprint density at radius 1 is 0.279 bits per heavy atom. The molecule has 0 atom stereocenters. The monoisotopic (exact) mass is 881 g/mol. The van der Waals surface area contributed by atoms with E-state index < -0.39 is 11.2 Å². The molecule has 10 rings (SSSR count). The molecule has 330 valence electrons. The molecule has 5 nitrogen and oxygen atoms in total. The lowest BCUT2D eigenvalue weighted by atomic mass is 9.84. The summed E-state index contributed by atoms with van der Waals surface area (Å²) in [7, 11) is 0. The van der Waals surface area contributed by atoms with Gasteiger partial charge in [0.25, 0.3) is 0 Å². The third kappa shape index (κ3) is 9.46. The minimum atomic E-state index is -0.783. The van der Waals surface area contributed by atoms with Gasteiger partial charge in [-0.15, -0.1) is 0 Å². The SMILES string of the molecule is CC(C)(Oc1ccc(-c2ccccc2)nc1)c1cc(-c2ccccc2-c2cnc(-c3ccccc3)cc2-c2ccc(-c3ccccc3)cc2)cc(C(C)(C)Oc2ccc(-c3ccccc3)nc2)c1. The van der Waals surface area contributed by atoms with Crippen LogP contribution in [0, 0.1) is 0 Å². The van der Waals surface area contributed by atoms with Crippen LogP contribution in [-0.4, -0.2) is 15.0 Å². The molecule has 0 saturated heterocycles. The molecule has 3 aromatic heterocycles. The van der Waals surface area contributed by atoms with Gasteiger partial charge in [-0.2, -0.15) is 0 Å². The van der Waals surface area contributed by atoms with Crippen LogP contribution in [0.4, 0.5) is 0 Å². The van der Waals surface area contributed by atoms with E-state index in [-0.39, 0.29) is 0 Å². The van der Waals surface area contributed by atoms with E-state index in [1.165, 1.54) is 11.1 Å². The van der Waals surface area contributed by atoms with Gasteiger partial charge >= 0.3 is 0 Å². The van der Waals surface area contributed by atoms with Crippen LogP contribution in [0.3, 0.4) is 0 Å². The zero-order valence-electron chi connectivity index (χ0n) is 38.7. The first-order valence-corrected chi connectivity index (χ1v) is 23.1. The Morgan fingerprint density at radius 2 is 0.676 bits per heavy atom. The molecule has 0 aliphatic rings. The average Bonchev–Trinajstić information content (AvgIpc) is 3.39. The van der Waals surface area contributed by atoms with Crippen LogP contribution in [-0.2, 0) is 11.2 Å². The fourth-order valence-electron chi connectivity index (χ4n) is 8.74. The number of hydrogen-bond donors (Lipinski definition) is 0. The fourth-order valence-corrected chi connectivity index (χ4v) is 8.74. The highest BCUT2D eigenvalue weighted by Crippen LogP contribution is 2.43. The molecule has 0 aliphatic heterocycles. The van der Waals surface area contributed by atoms with Gasteiger partial charge in [-0.25, -0.2) is 0 Å². The van der Waals surface area contributed by atoms with Crippen molar-refractivity contribution in [2.45, 2.75) is 38.9 Å². The molecule has 0 amide bonds. The van der Waals surface area contributed by atoms with Crippen molar-refractivity contribution in [2.75, 3.05) is 0 Å². The summed E-state index contributed by atoms with van der Waals surface area (Å²) < 4.78 is 13.8. The molecule has 10 aromatic rings. The number of aromatic nitrogens is 3. The molecule has 0 bridgehead atoms. The molecule has 68 heavy (non-hydrogen) atoms. The second-order valence-electron chi connectivity index (χ2n) is 18.0. The van der Waals surface area contributed by atoms with Gasteiger partial charge in [0, 0.05) is 28.5 Å². The number of nitrogens with zero attached hydrogens (tertiary/aromatic N) is 3. The largest absolute Gasteiger partial charge is 0.482 e. The third-order valence-electron chi connectivity index (χ3n) is 12.5. The number of rotatable bonds is 13. The first-order chi connectivity index (χ1) is 33.2. The minimum absolute atomic E-state index is 0.676. The van der Waals surface area contributed by atoms with E-state index in [2.05, 4.69) is 179 Å². The summed E-state index contributed by atoms with van der Waals surface area (Å²) in [4.78, 5) is 14.7. The van der Waals surface area contributed by atoms with E-state index in [9.17, 15) is 0 Å². The van der Waals surface area contributed by atoms with E-state index >= 15 is 0 Å². The summed E-state index contributed by atoms with van der Waals surface area (Å²) in [6, 6.07) is 75.7. The van der Waals surface area contributed by atoms with Crippen molar-refractivity contribution in [1.82, 2.24) is 15.0 Å². The van der Waals surface area contributed by atoms with Crippen LogP contribution < -0.4 is 9.47 Å². The van der Waals surface area contributed by atoms with Crippen molar-refractivity contribution in [2.24, 2.45) is 0 Å². The van der Waals surface area contributed by atoms with Crippen LogP contribution >= 0.6 is 0 Å². The van der Waals surface area contributed by atoms with Crippen molar-refractivity contribution < 1.29 is 9.47 Å².